The molecule has 0 aliphatic rings. The normalized spacial score (nSPS) is 11.7. The molecule has 0 saturated carbocycles. The molecule has 0 heterocycles. The average Bonchev–Trinajstić information content (AvgIpc) is 2.21. The first-order chi connectivity index (χ1) is 6.36. The predicted molar refractivity (Wildman–Crippen MR) is 55.4 cm³/mol. The zero-order valence-corrected chi connectivity index (χ0v) is 8.06. The minimum atomic E-state index is 0.288. The summed E-state index contributed by atoms with van der Waals surface area (Å²) in [6.07, 6.45) is 0.593. The van der Waals surface area contributed by atoms with Crippen LogP contribution in [-0.4, -0.2) is 12.3 Å². The minimum Gasteiger partial charge on any atom is -0.327 e. The molecule has 13 heavy (non-hydrogen) atoms. The molecule has 0 atom stereocenters. The first kappa shape index (κ1) is 10.3. The fourth-order valence-electron chi connectivity index (χ4n) is 0.828. The SMILES string of the molecule is NC/C(=C\F)CSc1ccccc1. The summed E-state index contributed by atoms with van der Waals surface area (Å²) in [6, 6.07) is 9.88. The van der Waals surface area contributed by atoms with E-state index < -0.39 is 0 Å². The Morgan fingerprint density at radius 3 is 2.62 bits per heavy atom. The third-order valence-electron chi connectivity index (χ3n) is 1.58. The molecule has 2 N–H and O–H groups in total. The minimum absolute atomic E-state index is 0.288. The molecule has 0 amide bonds. The summed E-state index contributed by atoms with van der Waals surface area (Å²) in [5.74, 6) is 0.622. The summed E-state index contributed by atoms with van der Waals surface area (Å²) < 4.78 is 12.1. The van der Waals surface area contributed by atoms with Crippen LogP contribution < -0.4 is 5.73 Å². The van der Waals surface area contributed by atoms with Crippen molar-refractivity contribution in [3.05, 3.63) is 42.2 Å². The molecule has 1 rings (SSSR count). The zero-order valence-electron chi connectivity index (χ0n) is 7.24. The second kappa shape index (κ2) is 5.78. The molecular formula is C10H12FNS. The van der Waals surface area contributed by atoms with Crippen LogP contribution in [0.2, 0.25) is 0 Å². The number of benzene rings is 1. The van der Waals surface area contributed by atoms with E-state index in [0.29, 0.717) is 17.7 Å². The molecule has 0 aliphatic heterocycles. The van der Waals surface area contributed by atoms with E-state index in [2.05, 4.69) is 0 Å². The number of halogens is 1. The molecule has 0 radical (unpaired) electrons. The lowest BCUT2D eigenvalue weighted by molar-refractivity contribution is 0.706. The Balaban J connectivity index is 2.43. The Kier molecular flexibility index (Phi) is 4.57. The van der Waals surface area contributed by atoms with Crippen LogP contribution in [0, 0.1) is 0 Å². The Morgan fingerprint density at radius 2 is 2.08 bits per heavy atom. The van der Waals surface area contributed by atoms with Gasteiger partial charge in [-0.3, -0.25) is 0 Å². The summed E-state index contributed by atoms with van der Waals surface area (Å²) in [4.78, 5) is 1.13. The average molecular weight is 197 g/mol. The molecule has 0 unspecified atom stereocenters. The molecule has 3 heteroatoms. The monoisotopic (exact) mass is 197 g/mol. The van der Waals surface area contributed by atoms with Gasteiger partial charge in [0.2, 0.25) is 0 Å². The molecule has 1 nitrogen and oxygen atoms in total. The summed E-state index contributed by atoms with van der Waals surface area (Å²) in [7, 11) is 0. The highest BCUT2D eigenvalue weighted by Crippen LogP contribution is 2.19. The fourth-order valence-corrected chi connectivity index (χ4v) is 1.71. The van der Waals surface area contributed by atoms with Gasteiger partial charge in [0.15, 0.2) is 0 Å². The number of nitrogens with two attached hydrogens (primary N) is 1. The summed E-state index contributed by atoms with van der Waals surface area (Å²) in [5.41, 5.74) is 5.96. The van der Waals surface area contributed by atoms with Gasteiger partial charge in [0.05, 0.1) is 6.33 Å². The molecule has 1 aromatic carbocycles. The number of hydrogen-bond donors (Lipinski definition) is 1. The van der Waals surface area contributed by atoms with Crippen molar-refractivity contribution < 1.29 is 4.39 Å². The van der Waals surface area contributed by atoms with E-state index in [4.69, 9.17) is 5.73 Å². The standard InChI is InChI=1S/C10H12FNS/c11-6-9(7-12)8-13-10-4-2-1-3-5-10/h1-6H,7-8,12H2/b9-6+. The van der Waals surface area contributed by atoms with E-state index in [1.54, 1.807) is 11.8 Å². The van der Waals surface area contributed by atoms with Gasteiger partial charge in [0, 0.05) is 17.2 Å². The number of rotatable bonds is 4. The van der Waals surface area contributed by atoms with Crippen molar-refractivity contribution in [1.29, 1.82) is 0 Å². The molecule has 0 bridgehead atoms. The lowest BCUT2D eigenvalue weighted by Crippen LogP contribution is -2.04. The fraction of sp³-hybridized carbons (Fsp3) is 0.200. The van der Waals surface area contributed by atoms with Crippen molar-refractivity contribution >= 4 is 11.8 Å². The van der Waals surface area contributed by atoms with Gasteiger partial charge >= 0.3 is 0 Å². The predicted octanol–water partition coefficient (Wildman–Crippen LogP) is 2.59. The molecule has 1 aromatic rings. The van der Waals surface area contributed by atoms with Crippen LogP contribution in [0.1, 0.15) is 0 Å². The molecule has 0 saturated heterocycles. The lowest BCUT2D eigenvalue weighted by atomic mass is 10.3. The van der Waals surface area contributed by atoms with Crippen molar-refractivity contribution in [3.8, 4) is 0 Å². The second-order valence-corrected chi connectivity index (χ2v) is 3.62. The Hall–Kier alpha value is -0.800. The maximum Gasteiger partial charge on any atom is 0.0880 e. The zero-order chi connectivity index (χ0) is 9.52. The van der Waals surface area contributed by atoms with E-state index in [0.717, 1.165) is 4.90 Å². The van der Waals surface area contributed by atoms with Gasteiger partial charge in [0.25, 0.3) is 0 Å². The molecular weight excluding hydrogens is 185 g/mol. The van der Waals surface area contributed by atoms with Crippen LogP contribution in [0.15, 0.2) is 47.1 Å². The highest BCUT2D eigenvalue weighted by Gasteiger charge is 1.96. The third kappa shape index (κ3) is 3.61. The van der Waals surface area contributed by atoms with Crippen molar-refractivity contribution in [2.75, 3.05) is 12.3 Å². The van der Waals surface area contributed by atoms with Crippen LogP contribution in [0.25, 0.3) is 0 Å². The highest BCUT2D eigenvalue weighted by molar-refractivity contribution is 7.99. The molecule has 0 aliphatic carbocycles. The summed E-state index contributed by atoms with van der Waals surface area (Å²) >= 11 is 1.59. The third-order valence-corrected chi connectivity index (χ3v) is 2.70. The molecule has 0 fully saturated rings. The van der Waals surface area contributed by atoms with Crippen LogP contribution in [-0.2, 0) is 0 Å². The van der Waals surface area contributed by atoms with Crippen molar-refractivity contribution in [3.63, 3.8) is 0 Å². The van der Waals surface area contributed by atoms with Crippen molar-refractivity contribution in [2.24, 2.45) is 5.73 Å². The van der Waals surface area contributed by atoms with Gasteiger partial charge in [-0.15, -0.1) is 11.8 Å². The van der Waals surface area contributed by atoms with E-state index in [1.807, 2.05) is 30.3 Å². The maximum absolute atomic E-state index is 12.1. The van der Waals surface area contributed by atoms with Crippen LogP contribution in [0.4, 0.5) is 4.39 Å². The Bertz CT molecular complexity index is 272. The molecule has 0 spiro atoms. The number of thioether (sulfide) groups is 1. The van der Waals surface area contributed by atoms with Gasteiger partial charge in [0.1, 0.15) is 0 Å². The first-order valence-electron chi connectivity index (χ1n) is 4.03. The highest BCUT2D eigenvalue weighted by atomic mass is 32.2. The maximum atomic E-state index is 12.1. The Morgan fingerprint density at radius 1 is 1.38 bits per heavy atom. The van der Waals surface area contributed by atoms with Gasteiger partial charge in [-0.25, -0.2) is 4.39 Å². The quantitative estimate of drug-likeness (QED) is 0.751. The second-order valence-electron chi connectivity index (χ2n) is 2.57. The first-order valence-corrected chi connectivity index (χ1v) is 5.01. The van der Waals surface area contributed by atoms with E-state index in [-0.39, 0.29) is 6.54 Å². The number of hydrogen-bond acceptors (Lipinski definition) is 2. The lowest BCUT2D eigenvalue weighted by Gasteiger charge is -2.01. The molecule has 70 valence electrons. The van der Waals surface area contributed by atoms with Crippen LogP contribution >= 0.6 is 11.8 Å². The van der Waals surface area contributed by atoms with Crippen molar-refractivity contribution in [2.45, 2.75) is 4.90 Å². The van der Waals surface area contributed by atoms with Crippen molar-refractivity contribution in [1.82, 2.24) is 0 Å². The van der Waals surface area contributed by atoms with Gasteiger partial charge < -0.3 is 5.73 Å². The Labute approximate surface area is 81.8 Å². The van der Waals surface area contributed by atoms with Gasteiger partial charge in [-0.2, -0.15) is 0 Å². The van der Waals surface area contributed by atoms with E-state index >= 15 is 0 Å². The van der Waals surface area contributed by atoms with Crippen LogP contribution in [0.5, 0.6) is 0 Å². The summed E-state index contributed by atoms with van der Waals surface area (Å²) in [6.45, 7) is 0.288. The smallest absolute Gasteiger partial charge is 0.0880 e. The largest absolute Gasteiger partial charge is 0.327 e. The van der Waals surface area contributed by atoms with Crippen LogP contribution in [0.3, 0.4) is 0 Å². The van der Waals surface area contributed by atoms with E-state index in [9.17, 15) is 4.39 Å². The summed E-state index contributed by atoms with van der Waals surface area (Å²) in [5, 5.41) is 0. The molecule has 0 aromatic heterocycles. The van der Waals surface area contributed by atoms with E-state index in [1.165, 1.54) is 0 Å². The van der Waals surface area contributed by atoms with Gasteiger partial charge in [-0.1, -0.05) is 18.2 Å². The topological polar surface area (TPSA) is 26.0 Å². The van der Waals surface area contributed by atoms with Gasteiger partial charge in [-0.05, 0) is 17.7 Å².